The van der Waals surface area contributed by atoms with Crippen LogP contribution in [0.5, 0.6) is 0 Å². The number of hydrogen-bond donors (Lipinski definition) is 0. The van der Waals surface area contributed by atoms with Gasteiger partial charge in [0, 0.05) is 0 Å². The third kappa shape index (κ3) is 7.18. The van der Waals surface area contributed by atoms with E-state index in [1.165, 1.54) is 73.6 Å². The standard InChI is InChI=1S/C22H32N2/c1-3-5-7-9-11-19-17-22(14-16-24)20(12-10-8-6-4-2)18-21(19)13-15-23/h17-18H,3-14H2,1-2H3. The van der Waals surface area contributed by atoms with Gasteiger partial charge in [0.25, 0.3) is 0 Å². The number of hydrogen-bond acceptors (Lipinski definition) is 2. The van der Waals surface area contributed by atoms with Crippen molar-refractivity contribution in [3.63, 3.8) is 0 Å². The summed E-state index contributed by atoms with van der Waals surface area (Å²) in [6, 6.07) is 9.07. The van der Waals surface area contributed by atoms with Crippen LogP contribution < -0.4 is 0 Å². The summed E-state index contributed by atoms with van der Waals surface area (Å²) < 4.78 is 0. The van der Waals surface area contributed by atoms with Crippen molar-refractivity contribution in [2.45, 2.75) is 90.9 Å². The van der Waals surface area contributed by atoms with E-state index in [1.54, 1.807) is 0 Å². The summed E-state index contributed by atoms with van der Waals surface area (Å²) in [5.41, 5.74) is 4.94. The molecule has 0 fully saturated rings. The lowest BCUT2D eigenvalue weighted by atomic mass is 9.90. The van der Waals surface area contributed by atoms with Gasteiger partial charge in [-0.2, -0.15) is 10.5 Å². The first kappa shape index (κ1) is 20.2. The minimum Gasteiger partial charge on any atom is -0.198 e. The fraction of sp³-hybridized carbons (Fsp3) is 0.636. The Balaban J connectivity index is 2.91. The van der Waals surface area contributed by atoms with E-state index in [4.69, 9.17) is 10.5 Å². The highest BCUT2D eigenvalue weighted by molar-refractivity contribution is 5.41. The lowest BCUT2D eigenvalue weighted by Crippen LogP contribution is -2.02. The smallest absolute Gasteiger partial charge is 0.0669 e. The second-order valence-electron chi connectivity index (χ2n) is 6.68. The molecule has 0 aliphatic heterocycles. The number of rotatable bonds is 12. The molecule has 1 aromatic carbocycles. The zero-order chi connectivity index (χ0) is 17.6. The van der Waals surface area contributed by atoms with Gasteiger partial charge in [0.15, 0.2) is 0 Å². The highest BCUT2D eigenvalue weighted by Crippen LogP contribution is 2.23. The van der Waals surface area contributed by atoms with Crippen LogP contribution in [0, 0.1) is 22.7 Å². The molecule has 0 unspecified atom stereocenters. The molecule has 0 saturated carbocycles. The zero-order valence-corrected chi connectivity index (χ0v) is 15.5. The maximum Gasteiger partial charge on any atom is 0.0669 e. The Morgan fingerprint density at radius 2 is 1.04 bits per heavy atom. The molecule has 0 aromatic heterocycles. The molecule has 0 bridgehead atoms. The molecule has 0 heterocycles. The fourth-order valence-corrected chi connectivity index (χ4v) is 3.24. The topological polar surface area (TPSA) is 47.6 Å². The largest absolute Gasteiger partial charge is 0.198 e. The number of nitriles is 2. The van der Waals surface area contributed by atoms with Gasteiger partial charge in [-0.05, 0) is 47.9 Å². The van der Waals surface area contributed by atoms with Crippen molar-refractivity contribution in [2.24, 2.45) is 0 Å². The molecule has 130 valence electrons. The molecule has 0 aliphatic rings. The van der Waals surface area contributed by atoms with Crippen LogP contribution in [0.2, 0.25) is 0 Å². The normalized spacial score (nSPS) is 10.3. The zero-order valence-electron chi connectivity index (χ0n) is 15.5. The van der Waals surface area contributed by atoms with Crippen molar-refractivity contribution in [2.75, 3.05) is 0 Å². The molecule has 0 N–H and O–H groups in total. The van der Waals surface area contributed by atoms with E-state index in [1.807, 2.05) is 0 Å². The average Bonchev–Trinajstić information content (AvgIpc) is 2.58. The second kappa shape index (κ2) is 12.6. The summed E-state index contributed by atoms with van der Waals surface area (Å²) in [6.07, 6.45) is 12.9. The molecule has 1 rings (SSSR count). The first-order valence-corrected chi connectivity index (χ1v) is 9.64. The quantitative estimate of drug-likeness (QED) is 0.438. The van der Waals surface area contributed by atoms with Gasteiger partial charge in [0.2, 0.25) is 0 Å². The van der Waals surface area contributed by atoms with Gasteiger partial charge in [0.05, 0.1) is 25.0 Å². The van der Waals surface area contributed by atoms with E-state index in [0.717, 1.165) is 12.8 Å². The molecular formula is C22H32N2. The molecule has 2 nitrogen and oxygen atoms in total. The predicted octanol–water partition coefficient (Wildman–Crippen LogP) is 6.06. The maximum absolute atomic E-state index is 9.16. The van der Waals surface area contributed by atoms with Crippen LogP contribution in [0.1, 0.15) is 87.5 Å². The van der Waals surface area contributed by atoms with Crippen LogP contribution in [-0.2, 0) is 25.7 Å². The Bertz CT molecular complexity index is 509. The van der Waals surface area contributed by atoms with Crippen molar-refractivity contribution in [3.05, 3.63) is 34.4 Å². The Morgan fingerprint density at radius 1 is 0.625 bits per heavy atom. The highest BCUT2D eigenvalue weighted by atomic mass is 14.3. The van der Waals surface area contributed by atoms with Crippen LogP contribution in [0.4, 0.5) is 0 Å². The number of aryl methyl sites for hydroxylation is 2. The predicted molar refractivity (Wildman–Crippen MR) is 101 cm³/mol. The van der Waals surface area contributed by atoms with Gasteiger partial charge in [-0.3, -0.25) is 0 Å². The van der Waals surface area contributed by atoms with Crippen molar-refractivity contribution >= 4 is 0 Å². The van der Waals surface area contributed by atoms with Crippen LogP contribution in [0.15, 0.2) is 12.1 Å². The molecule has 24 heavy (non-hydrogen) atoms. The minimum atomic E-state index is 0.484. The van der Waals surface area contributed by atoms with E-state index in [2.05, 4.69) is 38.1 Å². The van der Waals surface area contributed by atoms with Crippen molar-refractivity contribution in [1.82, 2.24) is 0 Å². The van der Waals surface area contributed by atoms with Gasteiger partial charge in [-0.1, -0.05) is 64.5 Å². The van der Waals surface area contributed by atoms with Gasteiger partial charge in [-0.15, -0.1) is 0 Å². The van der Waals surface area contributed by atoms with Crippen molar-refractivity contribution < 1.29 is 0 Å². The molecule has 2 heteroatoms. The van der Waals surface area contributed by atoms with E-state index < -0.39 is 0 Å². The van der Waals surface area contributed by atoms with E-state index in [0.29, 0.717) is 12.8 Å². The SMILES string of the molecule is CCCCCCc1cc(CC#N)c(CCCCCC)cc1CC#N. The first-order chi connectivity index (χ1) is 11.8. The summed E-state index contributed by atoms with van der Waals surface area (Å²) >= 11 is 0. The van der Waals surface area contributed by atoms with Crippen LogP contribution >= 0.6 is 0 Å². The molecular weight excluding hydrogens is 292 g/mol. The average molecular weight is 325 g/mol. The summed E-state index contributed by atoms with van der Waals surface area (Å²) in [4.78, 5) is 0. The Labute approximate surface area is 148 Å². The van der Waals surface area contributed by atoms with E-state index in [-0.39, 0.29) is 0 Å². The Morgan fingerprint density at radius 3 is 1.38 bits per heavy atom. The van der Waals surface area contributed by atoms with E-state index >= 15 is 0 Å². The maximum atomic E-state index is 9.16. The summed E-state index contributed by atoms with van der Waals surface area (Å²) in [5, 5.41) is 18.3. The minimum absolute atomic E-state index is 0.484. The number of nitrogens with zero attached hydrogens (tertiary/aromatic N) is 2. The third-order valence-electron chi connectivity index (χ3n) is 4.66. The van der Waals surface area contributed by atoms with Crippen LogP contribution in [0.25, 0.3) is 0 Å². The van der Waals surface area contributed by atoms with Crippen LogP contribution in [-0.4, -0.2) is 0 Å². The summed E-state index contributed by atoms with van der Waals surface area (Å²) in [5.74, 6) is 0. The Hall–Kier alpha value is -1.80. The number of unbranched alkanes of at least 4 members (excludes halogenated alkanes) is 6. The monoisotopic (exact) mass is 324 g/mol. The Kier molecular flexibility index (Phi) is 10.6. The van der Waals surface area contributed by atoms with Gasteiger partial charge < -0.3 is 0 Å². The van der Waals surface area contributed by atoms with Gasteiger partial charge in [0.1, 0.15) is 0 Å². The highest BCUT2D eigenvalue weighted by Gasteiger charge is 2.10. The lowest BCUT2D eigenvalue weighted by molar-refractivity contribution is 0.660. The van der Waals surface area contributed by atoms with Crippen molar-refractivity contribution in [3.8, 4) is 12.1 Å². The molecule has 0 amide bonds. The third-order valence-corrected chi connectivity index (χ3v) is 4.66. The first-order valence-electron chi connectivity index (χ1n) is 9.64. The van der Waals surface area contributed by atoms with Crippen LogP contribution in [0.3, 0.4) is 0 Å². The summed E-state index contributed by atoms with van der Waals surface area (Å²) in [7, 11) is 0. The van der Waals surface area contributed by atoms with E-state index in [9.17, 15) is 0 Å². The molecule has 0 atom stereocenters. The molecule has 0 radical (unpaired) electrons. The van der Waals surface area contributed by atoms with Gasteiger partial charge in [-0.25, -0.2) is 0 Å². The van der Waals surface area contributed by atoms with Crippen molar-refractivity contribution in [1.29, 1.82) is 10.5 Å². The molecule has 0 saturated heterocycles. The molecule has 1 aromatic rings. The second-order valence-corrected chi connectivity index (χ2v) is 6.68. The molecule has 0 aliphatic carbocycles. The number of benzene rings is 1. The lowest BCUT2D eigenvalue weighted by Gasteiger charge is -2.14. The molecule has 0 spiro atoms. The summed E-state index contributed by atoms with van der Waals surface area (Å²) in [6.45, 7) is 4.44. The van der Waals surface area contributed by atoms with Gasteiger partial charge >= 0.3 is 0 Å². The fourth-order valence-electron chi connectivity index (χ4n) is 3.24.